The maximum Gasteiger partial charge on any atom is 0.278 e. The van der Waals surface area contributed by atoms with Crippen molar-refractivity contribution in [1.82, 2.24) is 5.01 Å². The summed E-state index contributed by atoms with van der Waals surface area (Å²) >= 11 is 6.41. The molecule has 0 aromatic heterocycles. The molecular weight excluding hydrogens is 374 g/mol. The van der Waals surface area contributed by atoms with Crippen LogP contribution in [0.2, 0.25) is 5.02 Å². The molecule has 0 fully saturated rings. The lowest BCUT2D eigenvalue weighted by Gasteiger charge is -2.35. The van der Waals surface area contributed by atoms with Crippen LogP contribution >= 0.6 is 11.6 Å². The molecule has 6 heteroatoms. The number of nitrogens with zero attached hydrogens (tertiary/aromatic N) is 2. The van der Waals surface area contributed by atoms with Gasteiger partial charge in [-0.25, -0.2) is 5.01 Å². The Hall–Kier alpha value is -3.31. The van der Waals surface area contributed by atoms with Crippen molar-refractivity contribution >= 4 is 28.9 Å². The Morgan fingerprint density at radius 2 is 1.71 bits per heavy atom. The van der Waals surface area contributed by atoms with Gasteiger partial charge in [0.15, 0.2) is 6.17 Å². The number of amides is 1. The van der Waals surface area contributed by atoms with Crippen molar-refractivity contribution in [3.8, 4) is 5.75 Å². The van der Waals surface area contributed by atoms with E-state index < -0.39 is 6.17 Å². The van der Waals surface area contributed by atoms with Gasteiger partial charge in [0.1, 0.15) is 5.75 Å². The highest BCUT2D eigenvalue weighted by atomic mass is 35.5. The molecule has 2 N–H and O–H groups in total. The molecule has 0 saturated heterocycles. The van der Waals surface area contributed by atoms with Crippen LogP contribution in [0.1, 0.15) is 34.6 Å². The minimum Gasteiger partial charge on any atom is -0.507 e. The zero-order chi connectivity index (χ0) is 19.7. The summed E-state index contributed by atoms with van der Waals surface area (Å²) < 4.78 is 0. The number of anilines is 1. The van der Waals surface area contributed by atoms with E-state index >= 15 is 0 Å². The Bertz CT molecular complexity index is 1080. The maximum atomic E-state index is 13.2. The average Bonchev–Trinajstić information content (AvgIpc) is 2.71. The van der Waals surface area contributed by atoms with Gasteiger partial charge in [-0.15, -0.1) is 0 Å². The second-order valence-electron chi connectivity index (χ2n) is 6.47. The molecule has 1 aliphatic heterocycles. The van der Waals surface area contributed by atoms with E-state index in [9.17, 15) is 9.90 Å². The average molecular weight is 392 g/mol. The molecular formula is C22H18ClN3O2. The fourth-order valence-electron chi connectivity index (χ4n) is 3.25. The van der Waals surface area contributed by atoms with Crippen LogP contribution in [0.3, 0.4) is 0 Å². The molecule has 0 unspecified atom stereocenters. The first-order valence-corrected chi connectivity index (χ1v) is 9.21. The van der Waals surface area contributed by atoms with E-state index in [0.717, 1.165) is 11.3 Å². The van der Waals surface area contributed by atoms with Crippen molar-refractivity contribution in [3.05, 3.63) is 94.5 Å². The number of benzene rings is 3. The number of rotatable bonds is 3. The highest BCUT2D eigenvalue weighted by Gasteiger charge is 2.34. The Morgan fingerprint density at radius 1 is 1.04 bits per heavy atom. The van der Waals surface area contributed by atoms with Gasteiger partial charge in [0.05, 0.1) is 11.3 Å². The van der Waals surface area contributed by atoms with Gasteiger partial charge in [0, 0.05) is 21.8 Å². The molecule has 28 heavy (non-hydrogen) atoms. The van der Waals surface area contributed by atoms with Crippen molar-refractivity contribution in [2.24, 2.45) is 5.10 Å². The number of nitrogens with one attached hydrogen (secondary N) is 1. The minimum atomic E-state index is -0.572. The van der Waals surface area contributed by atoms with Gasteiger partial charge in [0.2, 0.25) is 0 Å². The monoisotopic (exact) mass is 391 g/mol. The summed E-state index contributed by atoms with van der Waals surface area (Å²) in [6.07, 6.45) is -0.572. The van der Waals surface area contributed by atoms with Crippen LogP contribution in [0.25, 0.3) is 0 Å². The molecule has 1 atom stereocenters. The van der Waals surface area contributed by atoms with Gasteiger partial charge in [-0.05, 0) is 37.3 Å². The van der Waals surface area contributed by atoms with Crippen molar-refractivity contribution in [1.29, 1.82) is 0 Å². The molecule has 1 amide bonds. The zero-order valence-corrected chi connectivity index (χ0v) is 15.9. The van der Waals surface area contributed by atoms with E-state index in [1.54, 1.807) is 37.3 Å². The van der Waals surface area contributed by atoms with Crippen molar-refractivity contribution in [3.63, 3.8) is 0 Å². The predicted octanol–water partition coefficient (Wildman–Crippen LogP) is 5.04. The zero-order valence-electron chi connectivity index (χ0n) is 15.1. The molecule has 0 spiro atoms. The van der Waals surface area contributed by atoms with Crippen LogP contribution in [0.4, 0.5) is 5.69 Å². The number of carbonyl (C=O) groups excluding carboxylic acids is 1. The standard InChI is InChI=1S/C22H18ClN3O2/c1-14(15-8-4-7-13-20(15)27)25-26-21(16-9-2-5-11-18(16)23)24-19-12-6-3-10-17(19)22(26)28/h2-13,21,24,27H,1H3/b25-14+/t21-/m0/s1. The van der Waals surface area contributed by atoms with Crippen molar-refractivity contribution in [2.45, 2.75) is 13.1 Å². The van der Waals surface area contributed by atoms with Gasteiger partial charge in [-0.3, -0.25) is 4.79 Å². The summed E-state index contributed by atoms with van der Waals surface area (Å²) in [7, 11) is 0. The molecule has 0 saturated carbocycles. The summed E-state index contributed by atoms with van der Waals surface area (Å²) in [4.78, 5) is 13.2. The molecule has 140 valence electrons. The number of halogens is 1. The molecule has 5 nitrogen and oxygen atoms in total. The van der Waals surface area contributed by atoms with Crippen LogP contribution in [0, 0.1) is 0 Å². The number of phenolic OH excluding ortho intramolecular Hbond substituents is 1. The summed E-state index contributed by atoms with van der Waals surface area (Å²) in [6, 6.07) is 21.5. The van der Waals surface area contributed by atoms with Crippen LogP contribution < -0.4 is 5.32 Å². The fourth-order valence-corrected chi connectivity index (χ4v) is 3.49. The summed E-state index contributed by atoms with van der Waals surface area (Å²) in [5.41, 5.74) is 3.07. The van der Waals surface area contributed by atoms with Gasteiger partial charge in [0.25, 0.3) is 5.91 Å². The third kappa shape index (κ3) is 3.21. The van der Waals surface area contributed by atoms with E-state index in [0.29, 0.717) is 21.9 Å². The first kappa shape index (κ1) is 18.1. The van der Waals surface area contributed by atoms with Crippen LogP contribution in [0.15, 0.2) is 77.9 Å². The molecule has 3 aromatic carbocycles. The lowest BCUT2D eigenvalue weighted by atomic mass is 10.0. The van der Waals surface area contributed by atoms with E-state index in [1.807, 2.05) is 42.5 Å². The van der Waals surface area contributed by atoms with Gasteiger partial charge in [-0.1, -0.05) is 54.1 Å². The Kier molecular flexibility index (Phi) is 4.75. The largest absolute Gasteiger partial charge is 0.507 e. The Morgan fingerprint density at radius 3 is 2.50 bits per heavy atom. The lowest BCUT2D eigenvalue weighted by molar-refractivity contribution is 0.0690. The smallest absolute Gasteiger partial charge is 0.278 e. The number of hydrogen-bond donors (Lipinski definition) is 2. The Balaban J connectivity index is 1.84. The first-order chi connectivity index (χ1) is 13.6. The van der Waals surface area contributed by atoms with Crippen LogP contribution in [-0.2, 0) is 0 Å². The lowest BCUT2D eigenvalue weighted by Crippen LogP contribution is -2.40. The van der Waals surface area contributed by atoms with Gasteiger partial charge >= 0.3 is 0 Å². The molecule has 1 aliphatic rings. The van der Waals surface area contributed by atoms with Gasteiger partial charge < -0.3 is 10.4 Å². The quantitative estimate of drug-likeness (QED) is 0.615. The maximum absolute atomic E-state index is 13.2. The topological polar surface area (TPSA) is 64.9 Å². The summed E-state index contributed by atoms with van der Waals surface area (Å²) in [5.74, 6) is -0.134. The van der Waals surface area contributed by atoms with Gasteiger partial charge in [-0.2, -0.15) is 5.10 Å². The molecule has 0 aliphatic carbocycles. The highest BCUT2D eigenvalue weighted by Crippen LogP contribution is 2.36. The van der Waals surface area contributed by atoms with Crippen molar-refractivity contribution in [2.75, 3.05) is 5.32 Å². The molecule has 4 rings (SSSR count). The number of hydrogen-bond acceptors (Lipinski definition) is 4. The Labute approximate surface area is 167 Å². The van der Waals surface area contributed by atoms with E-state index in [2.05, 4.69) is 10.4 Å². The normalized spacial score (nSPS) is 16.5. The minimum absolute atomic E-state index is 0.107. The second-order valence-corrected chi connectivity index (χ2v) is 6.87. The molecule has 0 radical (unpaired) electrons. The highest BCUT2D eigenvalue weighted by molar-refractivity contribution is 6.31. The van der Waals surface area contributed by atoms with E-state index in [1.165, 1.54) is 5.01 Å². The number of aromatic hydroxyl groups is 1. The molecule has 0 bridgehead atoms. The van der Waals surface area contributed by atoms with Crippen molar-refractivity contribution < 1.29 is 9.90 Å². The fraction of sp³-hybridized carbons (Fsp3) is 0.0909. The summed E-state index contributed by atoms with van der Waals surface area (Å²) in [6.45, 7) is 1.76. The number of phenols is 1. The SMILES string of the molecule is C/C(=N\N1C(=O)c2ccccc2N[C@@H]1c1ccccc1Cl)c1ccccc1O. The third-order valence-corrected chi connectivity index (χ3v) is 5.00. The number of para-hydroxylation sites is 2. The molecule has 1 heterocycles. The van der Waals surface area contributed by atoms with E-state index in [-0.39, 0.29) is 11.7 Å². The van der Waals surface area contributed by atoms with Crippen LogP contribution in [-0.4, -0.2) is 21.7 Å². The van der Waals surface area contributed by atoms with Crippen LogP contribution in [0.5, 0.6) is 5.75 Å². The second kappa shape index (κ2) is 7.37. The first-order valence-electron chi connectivity index (χ1n) is 8.83. The predicted molar refractivity (Wildman–Crippen MR) is 111 cm³/mol. The molecule has 3 aromatic rings. The summed E-state index contributed by atoms with van der Waals surface area (Å²) in [5, 5.41) is 20.0. The number of carbonyl (C=O) groups is 1. The van der Waals surface area contributed by atoms with E-state index in [4.69, 9.17) is 11.6 Å². The third-order valence-electron chi connectivity index (χ3n) is 4.65. The number of hydrazone groups is 1. The number of fused-ring (bicyclic) bond motifs is 1.